The number of pyridine rings is 1. The van der Waals surface area contributed by atoms with Gasteiger partial charge in [-0.05, 0) is 53.6 Å². The van der Waals surface area contributed by atoms with Gasteiger partial charge in [0.1, 0.15) is 5.75 Å². The molecule has 0 saturated heterocycles. The van der Waals surface area contributed by atoms with Gasteiger partial charge in [0, 0.05) is 6.20 Å². The Morgan fingerprint density at radius 1 is 0.778 bits per heavy atom. The third kappa shape index (κ3) is 4.16. The van der Waals surface area contributed by atoms with Crippen LogP contribution in [0, 0.1) is 0 Å². The van der Waals surface area contributed by atoms with Gasteiger partial charge in [-0.1, -0.05) is 12.1 Å². The monoisotopic (exact) mass is 363 g/mol. The van der Waals surface area contributed by atoms with Crippen LogP contribution in [0.5, 0.6) is 5.75 Å². The minimum atomic E-state index is -1.23. The molecule has 0 aliphatic heterocycles. The first kappa shape index (κ1) is 17.8. The Hall–Kier alpha value is -4.00. The molecule has 0 spiro atoms. The molecule has 0 aliphatic carbocycles. The summed E-state index contributed by atoms with van der Waals surface area (Å²) in [5.74, 6) is -2.71. The van der Waals surface area contributed by atoms with Gasteiger partial charge in [0.05, 0.1) is 22.9 Å². The summed E-state index contributed by atoms with van der Waals surface area (Å²) in [5, 5.41) is 18.3. The molecule has 0 fully saturated rings. The van der Waals surface area contributed by atoms with Gasteiger partial charge in [-0.3, -0.25) is 4.98 Å². The summed E-state index contributed by atoms with van der Waals surface area (Å²) < 4.78 is 5.19. The number of nitrogens with zero attached hydrogens (tertiary/aromatic N) is 1. The van der Waals surface area contributed by atoms with Gasteiger partial charge in [0.25, 0.3) is 0 Å². The van der Waals surface area contributed by atoms with E-state index < -0.39 is 17.9 Å². The Bertz CT molecular complexity index is 980. The second-order valence-electron chi connectivity index (χ2n) is 5.56. The first-order chi connectivity index (χ1) is 12.9. The average Bonchev–Trinajstić information content (AvgIpc) is 2.68. The highest BCUT2D eigenvalue weighted by molar-refractivity contribution is 5.96. The zero-order valence-corrected chi connectivity index (χ0v) is 13.8. The summed E-state index contributed by atoms with van der Waals surface area (Å²) in [7, 11) is 0. The number of carboxylic acid groups (broad SMARTS) is 2. The highest BCUT2D eigenvalue weighted by Gasteiger charge is 2.13. The molecule has 0 unspecified atom stereocenters. The van der Waals surface area contributed by atoms with Crippen LogP contribution in [-0.2, 0) is 0 Å². The fourth-order valence-electron chi connectivity index (χ4n) is 2.41. The summed E-state index contributed by atoms with van der Waals surface area (Å²) in [4.78, 5) is 38.4. The van der Waals surface area contributed by atoms with Crippen molar-refractivity contribution in [2.75, 3.05) is 0 Å². The van der Waals surface area contributed by atoms with Crippen LogP contribution < -0.4 is 4.74 Å². The maximum atomic E-state index is 12.1. The van der Waals surface area contributed by atoms with E-state index in [-0.39, 0.29) is 16.7 Å². The number of aromatic carboxylic acids is 2. The van der Waals surface area contributed by atoms with E-state index in [2.05, 4.69) is 4.98 Å². The molecule has 7 heteroatoms. The second-order valence-corrected chi connectivity index (χ2v) is 5.56. The number of hydrogen-bond acceptors (Lipinski definition) is 5. The third-order valence-corrected chi connectivity index (χ3v) is 3.73. The Balaban J connectivity index is 1.88. The SMILES string of the molecule is O=C(O)c1cc(C(=O)O)cc(-c2ccc(C(=O)Oc3cccnc3)cc2)c1. The van der Waals surface area contributed by atoms with Crippen LogP contribution in [0.4, 0.5) is 0 Å². The van der Waals surface area contributed by atoms with Gasteiger partial charge in [0.2, 0.25) is 0 Å². The van der Waals surface area contributed by atoms with Crippen LogP contribution in [-0.4, -0.2) is 33.1 Å². The third-order valence-electron chi connectivity index (χ3n) is 3.73. The van der Waals surface area contributed by atoms with Gasteiger partial charge in [-0.2, -0.15) is 0 Å². The standard InChI is InChI=1S/C20H13NO6/c22-18(23)15-8-14(9-16(10-15)19(24)25)12-3-5-13(6-4-12)20(26)27-17-2-1-7-21-11-17/h1-11H,(H,22,23)(H,24,25). The molecule has 0 amide bonds. The van der Waals surface area contributed by atoms with E-state index in [4.69, 9.17) is 14.9 Å². The smallest absolute Gasteiger partial charge is 0.343 e. The van der Waals surface area contributed by atoms with E-state index in [0.29, 0.717) is 16.9 Å². The minimum Gasteiger partial charge on any atom is -0.478 e. The summed E-state index contributed by atoms with van der Waals surface area (Å²) >= 11 is 0. The van der Waals surface area contributed by atoms with Crippen molar-refractivity contribution in [1.29, 1.82) is 0 Å². The Morgan fingerprint density at radius 2 is 1.41 bits per heavy atom. The lowest BCUT2D eigenvalue weighted by atomic mass is 9.99. The topological polar surface area (TPSA) is 114 Å². The lowest BCUT2D eigenvalue weighted by Gasteiger charge is -2.07. The van der Waals surface area contributed by atoms with Crippen molar-refractivity contribution in [1.82, 2.24) is 4.98 Å². The number of carbonyl (C=O) groups excluding carboxylic acids is 1. The molecule has 2 N–H and O–H groups in total. The minimum absolute atomic E-state index is 0.134. The van der Waals surface area contributed by atoms with Crippen LogP contribution in [0.2, 0.25) is 0 Å². The molecule has 1 aromatic heterocycles. The first-order valence-electron chi connectivity index (χ1n) is 7.78. The van der Waals surface area contributed by atoms with E-state index in [9.17, 15) is 14.4 Å². The average molecular weight is 363 g/mol. The highest BCUT2D eigenvalue weighted by Crippen LogP contribution is 2.24. The van der Waals surface area contributed by atoms with Crippen molar-refractivity contribution in [3.05, 3.63) is 83.7 Å². The number of carboxylic acids is 2. The van der Waals surface area contributed by atoms with Gasteiger partial charge in [0.15, 0.2) is 0 Å². The predicted octanol–water partition coefficient (Wildman–Crippen LogP) is 3.36. The largest absolute Gasteiger partial charge is 0.478 e. The molecule has 3 aromatic rings. The predicted molar refractivity (Wildman–Crippen MR) is 95.0 cm³/mol. The van der Waals surface area contributed by atoms with Crippen LogP contribution >= 0.6 is 0 Å². The lowest BCUT2D eigenvalue weighted by molar-refractivity contribution is 0.0693. The second kappa shape index (κ2) is 7.49. The molecule has 1 heterocycles. The van der Waals surface area contributed by atoms with E-state index in [1.807, 2.05) is 0 Å². The molecule has 27 heavy (non-hydrogen) atoms. The number of hydrogen-bond donors (Lipinski definition) is 2. The van der Waals surface area contributed by atoms with Crippen molar-refractivity contribution in [3.63, 3.8) is 0 Å². The van der Waals surface area contributed by atoms with E-state index in [1.54, 1.807) is 30.5 Å². The summed E-state index contributed by atoms with van der Waals surface area (Å²) in [6, 6.07) is 13.3. The van der Waals surface area contributed by atoms with E-state index >= 15 is 0 Å². The van der Waals surface area contributed by atoms with Crippen molar-refractivity contribution < 1.29 is 29.3 Å². The quantitative estimate of drug-likeness (QED) is 0.668. The molecule has 2 aromatic carbocycles. The molecule has 3 rings (SSSR count). The van der Waals surface area contributed by atoms with Crippen molar-refractivity contribution in [2.24, 2.45) is 0 Å². The summed E-state index contributed by atoms with van der Waals surface area (Å²) in [6.07, 6.45) is 2.97. The van der Waals surface area contributed by atoms with Gasteiger partial charge in [-0.15, -0.1) is 0 Å². The van der Waals surface area contributed by atoms with Crippen molar-refractivity contribution in [3.8, 4) is 16.9 Å². The van der Waals surface area contributed by atoms with Gasteiger partial charge < -0.3 is 14.9 Å². The Labute approximate surface area is 153 Å². The summed E-state index contributed by atoms with van der Waals surface area (Å²) in [5.41, 5.74) is 1.00. The van der Waals surface area contributed by atoms with Gasteiger partial charge in [-0.25, -0.2) is 14.4 Å². The number of benzene rings is 2. The molecular weight excluding hydrogens is 350 g/mol. The molecule has 0 radical (unpaired) electrons. The lowest BCUT2D eigenvalue weighted by Crippen LogP contribution is -2.08. The number of rotatable bonds is 5. The fraction of sp³-hybridized carbons (Fsp3) is 0. The molecule has 0 saturated carbocycles. The van der Waals surface area contributed by atoms with Gasteiger partial charge >= 0.3 is 17.9 Å². The maximum Gasteiger partial charge on any atom is 0.343 e. The fourth-order valence-corrected chi connectivity index (χ4v) is 2.41. The van der Waals surface area contributed by atoms with Crippen LogP contribution in [0.15, 0.2) is 67.0 Å². The molecule has 134 valence electrons. The number of aromatic nitrogens is 1. The van der Waals surface area contributed by atoms with E-state index in [0.717, 1.165) is 6.07 Å². The zero-order valence-electron chi connectivity index (χ0n) is 13.8. The van der Waals surface area contributed by atoms with Crippen molar-refractivity contribution >= 4 is 17.9 Å². The molecule has 0 aliphatic rings. The zero-order chi connectivity index (χ0) is 19.4. The molecular formula is C20H13NO6. The number of ether oxygens (including phenoxy) is 1. The van der Waals surface area contributed by atoms with Crippen LogP contribution in [0.3, 0.4) is 0 Å². The molecule has 0 atom stereocenters. The van der Waals surface area contributed by atoms with E-state index in [1.165, 1.54) is 30.5 Å². The van der Waals surface area contributed by atoms with Crippen molar-refractivity contribution in [2.45, 2.75) is 0 Å². The first-order valence-corrected chi connectivity index (χ1v) is 7.78. The Kier molecular flexibility index (Phi) is 4.94. The number of esters is 1. The maximum absolute atomic E-state index is 12.1. The molecule has 0 bridgehead atoms. The number of carbonyl (C=O) groups is 3. The highest BCUT2D eigenvalue weighted by atomic mass is 16.5. The normalized spacial score (nSPS) is 10.2. The molecule has 7 nitrogen and oxygen atoms in total. The Morgan fingerprint density at radius 3 is 1.93 bits per heavy atom. The van der Waals surface area contributed by atoms with Crippen LogP contribution in [0.1, 0.15) is 31.1 Å². The van der Waals surface area contributed by atoms with Crippen LogP contribution in [0.25, 0.3) is 11.1 Å². The summed E-state index contributed by atoms with van der Waals surface area (Å²) in [6.45, 7) is 0.